The maximum atomic E-state index is 5.60. The van der Waals surface area contributed by atoms with Gasteiger partial charge >= 0.3 is 0 Å². The van der Waals surface area contributed by atoms with Gasteiger partial charge in [0, 0.05) is 41.2 Å². The number of fused-ring (bicyclic) bond motifs is 1. The molecule has 3 aromatic heterocycles. The van der Waals surface area contributed by atoms with Gasteiger partial charge in [-0.05, 0) is 68.1 Å². The highest BCUT2D eigenvalue weighted by Gasteiger charge is 2.13. The van der Waals surface area contributed by atoms with E-state index in [2.05, 4.69) is 73.3 Å². The number of nitrogens with one attached hydrogen (secondary N) is 1. The summed E-state index contributed by atoms with van der Waals surface area (Å²) in [5.74, 6) is 2.41. The molecule has 0 saturated heterocycles. The molecular weight excluding hydrogens is 446 g/mol. The van der Waals surface area contributed by atoms with Gasteiger partial charge in [0.1, 0.15) is 23.0 Å². The Balaban J connectivity index is 1.42. The molecule has 5 aromatic rings. The third kappa shape index (κ3) is 4.71. The van der Waals surface area contributed by atoms with E-state index in [1.165, 1.54) is 5.56 Å². The van der Waals surface area contributed by atoms with Gasteiger partial charge in [0.2, 0.25) is 0 Å². The van der Waals surface area contributed by atoms with Crippen molar-refractivity contribution in [2.24, 2.45) is 0 Å². The molecule has 0 unspecified atom stereocenters. The molecule has 0 bridgehead atoms. The van der Waals surface area contributed by atoms with E-state index in [-0.39, 0.29) is 6.04 Å². The Hall–Kier alpha value is -4.06. The third-order valence-corrected chi connectivity index (χ3v) is 6.53. The molecule has 0 saturated carbocycles. The van der Waals surface area contributed by atoms with E-state index in [4.69, 9.17) is 14.4 Å². The number of rotatable bonds is 7. The van der Waals surface area contributed by atoms with Crippen molar-refractivity contribution < 1.29 is 4.42 Å². The Morgan fingerprint density at radius 1 is 0.917 bits per heavy atom. The van der Waals surface area contributed by atoms with E-state index in [1.807, 2.05) is 31.3 Å². The molecule has 0 radical (unpaired) electrons. The van der Waals surface area contributed by atoms with Crippen molar-refractivity contribution in [1.29, 1.82) is 0 Å². The van der Waals surface area contributed by atoms with Gasteiger partial charge < -0.3 is 9.73 Å². The van der Waals surface area contributed by atoms with Gasteiger partial charge in [-0.1, -0.05) is 32.0 Å². The fourth-order valence-corrected chi connectivity index (χ4v) is 4.53. The lowest BCUT2D eigenvalue weighted by molar-refractivity contribution is 0.613. The average molecular weight is 478 g/mol. The van der Waals surface area contributed by atoms with Crippen molar-refractivity contribution in [3.63, 3.8) is 0 Å². The summed E-state index contributed by atoms with van der Waals surface area (Å²) in [7, 11) is 0. The lowest BCUT2D eigenvalue weighted by Gasteiger charge is -2.17. The predicted molar refractivity (Wildman–Crippen MR) is 145 cm³/mol. The predicted octanol–water partition coefficient (Wildman–Crippen LogP) is 7.26. The van der Waals surface area contributed by atoms with E-state index >= 15 is 0 Å². The zero-order valence-corrected chi connectivity index (χ0v) is 21.5. The lowest BCUT2D eigenvalue weighted by Crippen LogP contribution is -2.09. The molecule has 1 atom stereocenters. The van der Waals surface area contributed by atoms with Crippen LogP contribution in [-0.2, 0) is 12.8 Å². The monoisotopic (exact) mass is 477 g/mol. The smallest absolute Gasteiger partial charge is 0.134 e. The summed E-state index contributed by atoms with van der Waals surface area (Å²) in [5.41, 5.74) is 8.40. The van der Waals surface area contributed by atoms with E-state index in [1.54, 1.807) is 6.26 Å². The Morgan fingerprint density at radius 2 is 1.78 bits per heavy atom. The molecule has 0 aliphatic heterocycles. The van der Waals surface area contributed by atoms with Gasteiger partial charge in [-0.2, -0.15) is 0 Å². The van der Waals surface area contributed by atoms with Crippen molar-refractivity contribution in [2.75, 3.05) is 5.32 Å². The molecule has 1 N–H and O–H groups in total. The second-order valence-corrected chi connectivity index (χ2v) is 9.16. The summed E-state index contributed by atoms with van der Waals surface area (Å²) in [6, 6.07) is 16.8. The first-order valence-corrected chi connectivity index (χ1v) is 12.5. The highest BCUT2D eigenvalue weighted by atomic mass is 16.3. The van der Waals surface area contributed by atoms with E-state index in [0.717, 1.165) is 74.9 Å². The number of anilines is 1. The number of hydrogen-bond acceptors (Lipinski definition) is 6. The molecule has 0 spiro atoms. The summed E-state index contributed by atoms with van der Waals surface area (Å²) in [5, 5.41) is 4.68. The van der Waals surface area contributed by atoms with Gasteiger partial charge in [0.25, 0.3) is 0 Å². The van der Waals surface area contributed by atoms with Crippen LogP contribution >= 0.6 is 0 Å². The Kier molecular flexibility index (Phi) is 6.51. The molecule has 0 fully saturated rings. The standard InChI is InChI=1S/C30H31N5O/c1-6-26-25(16-31-29(7-2)35-26)22-10-8-9-21(13-22)19(4)32-30-15-27(33-20(5)34-30)23-11-12-28-24(14-23)18(3)17-36-28/h8-17,19H,6-7H2,1-5H3,(H,32,33,34)/t19-/m0/s1. The van der Waals surface area contributed by atoms with Gasteiger partial charge in [-0.25, -0.2) is 19.9 Å². The topological polar surface area (TPSA) is 76.7 Å². The SMILES string of the molecule is CCc1ncc(-c2cccc([C@H](C)Nc3cc(-c4ccc5occ(C)c5c4)nc(C)n3)c2)c(CC)n1. The summed E-state index contributed by atoms with van der Waals surface area (Å²) >= 11 is 0. The fraction of sp³-hybridized carbons (Fsp3) is 0.267. The van der Waals surface area contributed by atoms with Gasteiger partial charge in [-0.3, -0.25) is 0 Å². The minimum atomic E-state index is 0.0478. The van der Waals surface area contributed by atoms with E-state index in [0.29, 0.717) is 0 Å². The highest BCUT2D eigenvalue weighted by molar-refractivity contribution is 5.85. The number of aromatic nitrogens is 4. The molecular formula is C30H31N5O. The first-order chi connectivity index (χ1) is 17.4. The van der Waals surface area contributed by atoms with E-state index in [9.17, 15) is 0 Å². The Labute approximate surface area is 211 Å². The molecule has 36 heavy (non-hydrogen) atoms. The molecule has 0 aliphatic rings. The Bertz CT molecular complexity index is 1540. The minimum Gasteiger partial charge on any atom is -0.464 e. The van der Waals surface area contributed by atoms with Crippen LogP contribution in [0.3, 0.4) is 0 Å². The molecule has 2 aromatic carbocycles. The van der Waals surface area contributed by atoms with Crippen LogP contribution in [0.25, 0.3) is 33.4 Å². The average Bonchev–Trinajstić information content (AvgIpc) is 3.27. The molecule has 5 rings (SSSR count). The fourth-order valence-electron chi connectivity index (χ4n) is 4.53. The zero-order chi connectivity index (χ0) is 25.2. The molecule has 0 aliphatic carbocycles. The summed E-state index contributed by atoms with van der Waals surface area (Å²) in [6.07, 6.45) is 5.46. The van der Waals surface area contributed by atoms with Crippen LogP contribution in [0.1, 0.15) is 55.3 Å². The first kappa shape index (κ1) is 23.7. The number of hydrogen-bond donors (Lipinski definition) is 1. The maximum Gasteiger partial charge on any atom is 0.134 e. The largest absolute Gasteiger partial charge is 0.464 e. The van der Waals surface area contributed by atoms with Crippen LogP contribution < -0.4 is 5.32 Å². The number of nitrogens with zero attached hydrogens (tertiary/aromatic N) is 4. The van der Waals surface area contributed by atoms with E-state index < -0.39 is 0 Å². The second-order valence-electron chi connectivity index (χ2n) is 9.16. The van der Waals surface area contributed by atoms with Gasteiger partial charge in [0.15, 0.2) is 0 Å². The molecule has 6 heteroatoms. The Morgan fingerprint density at radius 3 is 2.58 bits per heavy atom. The number of benzene rings is 2. The zero-order valence-electron chi connectivity index (χ0n) is 21.5. The molecule has 6 nitrogen and oxygen atoms in total. The van der Waals surface area contributed by atoms with Crippen molar-refractivity contribution in [3.8, 4) is 22.4 Å². The first-order valence-electron chi connectivity index (χ1n) is 12.5. The van der Waals surface area contributed by atoms with Crippen LogP contribution in [-0.4, -0.2) is 19.9 Å². The lowest BCUT2D eigenvalue weighted by atomic mass is 9.99. The number of aryl methyl sites for hydroxylation is 4. The van der Waals surface area contributed by atoms with Crippen LogP contribution in [0.2, 0.25) is 0 Å². The van der Waals surface area contributed by atoms with Crippen LogP contribution in [0.15, 0.2) is 65.4 Å². The summed E-state index contributed by atoms with van der Waals surface area (Å²) in [6.45, 7) is 10.3. The molecule has 0 amide bonds. The summed E-state index contributed by atoms with van der Waals surface area (Å²) in [4.78, 5) is 18.6. The molecule has 3 heterocycles. The van der Waals surface area contributed by atoms with Crippen molar-refractivity contribution in [2.45, 2.75) is 53.5 Å². The van der Waals surface area contributed by atoms with Crippen molar-refractivity contribution >= 4 is 16.8 Å². The highest BCUT2D eigenvalue weighted by Crippen LogP contribution is 2.30. The minimum absolute atomic E-state index is 0.0478. The van der Waals surface area contributed by atoms with Gasteiger partial charge in [-0.15, -0.1) is 0 Å². The van der Waals surface area contributed by atoms with Gasteiger partial charge in [0.05, 0.1) is 17.7 Å². The van der Waals surface area contributed by atoms with Crippen LogP contribution in [0, 0.1) is 13.8 Å². The summed E-state index contributed by atoms with van der Waals surface area (Å²) < 4.78 is 5.60. The third-order valence-electron chi connectivity index (χ3n) is 6.53. The maximum absolute atomic E-state index is 5.60. The second kappa shape index (κ2) is 9.90. The number of furan rings is 1. The molecule has 182 valence electrons. The van der Waals surface area contributed by atoms with Crippen molar-refractivity contribution in [3.05, 3.63) is 89.5 Å². The van der Waals surface area contributed by atoms with Crippen molar-refractivity contribution in [1.82, 2.24) is 19.9 Å². The normalized spacial score (nSPS) is 12.1. The quantitative estimate of drug-likeness (QED) is 0.266. The van der Waals surface area contributed by atoms with Crippen LogP contribution in [0.4, 0.5) is 5.82 Å². The van der Waals surface area contributed by atoms with Crippen LogP contribution in [0.5, 0.6) is 0 Å².